The summed E-state index contributed by atoms with van der Waals surface area (Å²) in [6.45, 7) is 6.55. The number of amides is 2. The number of nitrogens with zero attached hydrogens (tertiary/aromatic N) is 3. The van der Waals surface area contributed by atoms with E-state index in [9.17, 15) is 9.59 Å². The lowest BCUT2D eigenvalue weighted by Gasteiger charge is -2.39. The van der Waals surface area contributed by atoms with Crippen molar-refractivity contribution in [3.05, 3.63) is 85.6 Å². The first-order chi connectivity index (χ1) is 17.5. The highest BCUT2D eigenvalue weighted by Crippen LogP contribution is 2.30. The zero-order valence-corrected chi connectivity index (χ0v) is 19.9. The van der Waals surface area contributed by atoms with Gasteiger partial charge < -0.3 is 20.9 Å². The van der Waals surface area contributed by atoms with Gasteiger partial charge in [-0.3, -0.25) is 9.59 Å². The van der Waals surface area contributed by atoms with Crippen molar-refractivity contribution in [3.8, 4) is 11.1 Å². The van der Waals surface area contributed by atoms with Crippen LogP contribution in [0.5, 0.6) is 0 Å². The summed E-state index contributed by atoms with van der Waals surface area (Å²) >= 11 is 0. The number of para-hydroxylation sites is 1. The Hall–Kier alpha value is -4.72. The maximum Gasteiger partial charge on any atom is 0.247 e. The second kappa shape index (κ2) is 9.87. The topological polar surface area (TPSA) is 99.2 Å². The van der Waals surface area contributed by atoms with E-state index in [1.54, 1.807) is 13.1 Å². The predicted molar refractivity (Wildman–Crippen MR) is 143 cm³/mol. The molecule has 1 fully saturated rings. The van der Waals surface area contributed by atoms with Gasteiger partial charge in [0.15, 0.2) is 0 Å². The number of likely N-dealkylation sites (tertiary alicyclic amines) is 1. The van der Waals surface area contributed by atoms with Crippen molar-refractivity contribution < 1.29 is 9.59 Å². The van der Waals surface area contributed by atoms with Crippen LogP contribution in [0.1, 0.15) is 6.92 Å². The van der Waals surface area contributed by atoms with E-state index in [0.29, 0.717) is 11.6 Å². The van der Waals surface area contributed by atoms with E-state index in [1.165, 1.54) is 6.08 Å². The highest BCUT2D eigenvalue weighted by atomic mass is 16.2. The van der Waals surface area contributed by atoms with Crippen LogP contribution in [0.4, 0.5) is 23.0 Å². The van der Waals surface area contributed by atoms with Crippen LogP contribution in [-0.2, 0) is 9.59 Å². The van der Waals surface area contributed by atoms with Crippen molar-refractivity contribution in [2.24, 2.45) is 0 Å². The fourth-order valence-electron chi connectivity index (χ4n) is 4.15. The van der Waals surface area contributed by atoms with Crippen LogP contribution in [0.3, 0.4) is 0 Å². The zero-order chi connectivity index (χ0) is 25.1. The lowest BCUT2D eigenvalue weighted by molar-refractivity contribution is -0.132. The van der Waals surface area contributed by atoms with Crippen LogP contribution in [0.15, 0.2) is 85.6 Å². The molecule has 1 aliphatic rings. The summed E-state index contributed by atoms with van der Waals surface area (Å²) in [5, 5.41) is 10.4. The molecule has 0 aliphatic carbocycles. The summed E-state index contributed by atoms with van der Waals surface area (Å²) in [5.74, 6) is 0.340. The first kappa shape index (κ1) is 23.0. The minimum Gasteiger partial charge on any atom is -0.379 e. The van der Waals surface area contributed by atoms with E-state index in [1.807, 2.05) is 71.6 Å². The zero-order valence-electron chi connectivity index (χ0n) is 19.9. The highest BCUT2D eigenvalue weighted by Gasteiger charge is 2.28. The molecule has 0 radical (unpaired) electrons. The van der Waals surface area contributed by atoms with E-state index >= 15 is 0 Å². The first-order valence-corrected chi connectivity index (χ1v) is 11.7. The standard InChI is InChI=1S/C28H26N6O2/c1-3-26(36)31-23-8-4-6-19(14-23)25-9-5-7-20-15-29-28(33-27(20)25)32-22-12-10-21(11-13-22)30-24-16-34(17-24)18(2)35/h3-15,24,30H,1,16-17H2,2H3,(H,31,36)(H,29,32,33). The Balaban J connectivity index is 1.33. The lowest BCUT2D eigenvalue weighted by atomic mass is 10.0. The SMILES string of the molecule is C=CC(=O)Nc1cccc(-c2cccc3cnc(Nc4ccc(NC5CN(C(C)=O)C5)cc4)nc23)c1. The second-order valence-electron chi connectivity index (χ2n) is 8.68. The van der Waals surface area contributed by atoms with Crippen LogP contribution in [0, 0.1) is 0 Å². The number of benzene rings is 3. The van der Waals surface area contributed by atoms with Crippen molar-refractivity contribution in [1.29, 1.82) is 0 Å². The minimum absolute atomic E-state index is 0.110. The van der Waals surface area contributed by atoms with Crippen LogP contribution in [0.2, 0.25) is 0 Å². The fraction of sp³-hybridized carbons (Fsp3) is 0.143. The molecule has 1 aromatic heterocycles. The molecule has 0 spiro atoms. The molecule has 2 amide bonds. The maximum atomic E-state index is 11.7. The average molecular weight is 479 g/mol. The van der Waals surface area contributed by atoms with Gasteiger partial charge in [0.2, 0.25) is 17.8 Å². The van der Waals surface area contributed by atoms with E-state index in [-0.39, 0.29) is 17.9 Å². The molecule has 8 heteroatoms. The van der Waals surface area contributed by atoms with Crippen molar-refractivity contribution in [3.63, 3.8) is 0 Å². The Morgan fingerprint density at radius 3 is 2.50 bits per heavy atom. The number of aromatic nitrogens is 2. The smallest absolute Gasteiger partial charge is 0.247 e. The first-order valence-electron chi connectivity index (χ1n) is 11.7. The van der Waals surface area contributed by atoms with Gasteiger partial charge in [-0.15, -0.1) is 0 Å². The summed E-state index contributed by atoms with van der Waals surface area (Å²) in [5.41, 5.74) is 5.23. The molecule has 3 N–H and O–H groups in total. The molecular formula is C28H26N6O2. The number of carbonyl (C=O) groups excluding carboxylic acids is 2. The van der Waals surface area contributed by atoms with Gasteiger partial charge in [0.05, 0.1) is 11.6 Å². The van der Waals surface area contributed by atoms with Crippen molar-refractivity contribution >= 4 is 45.7 Å². The quantitative estimate of drug-likeness (QED) is 0.330. The molecule has 2 heterocycles. The molecule has 0 saturated carbocycles. The lowest BCUT2D eigenvalue weighted by Crippen LogP contribution is -2.56. The number of anilines is 4. The maximum absolute atomic E-state index is 11.7. The summed E-state index contributed by atoms with van der Waals surface area (Å²) in [6.07, 6.45) is 3.04. The van der Waals surface area contributed by atoms with Gasteiger partial charge in [-0.25, -0.2) is 9.97 Å². The van der Waals surface area contributed by atoms with Crippen LogP contribution < -0.4 is 16.0 Å². The number of hydrogen-bond donors (Lipinski definition) is 3. The molecule has 1 saturated heterocycles. The summed E-state index contributed by atoms with van der Waals surface area (Å²) in [7, 11) is 0. The third-order valence-electron chi connectivity index (χ3n) is 6.08. The van der Waals surface area contributed by atoms with Gasteiger partial charge in [0, 0.05) is 54.2 Å². The molecule has 8 nitrogen and oxygen atoms in total. The molecule has 1 aliphatic heterocycles. The van der Waals surface area contributed by atoms with E-state index < -0.39 is 0 Å². The number of hydrogen-bond acceptors (Lipinski definition) is 6. The second-order valence-corrected chi connectivity index (χ2v) is 8.68. The summed E-state index contributed by atoms with van der Waals surface area (Å²) in [4.78, 5) is 34.1. The fourth-order valence-corrected chi connectivity index (χ4v) is 4.15. The van der Waals surface area contributed by atoms with Crippen molar-refractivity contribution in [2.75, 3.05) is 29.0 Å². The van der Waals surface area contributed by atoms with Crippen LogP contribution >= 0.6 is 0 Å². The molecule has 3 aromatic carbocycles. The third kappa shape index (κ3) is 5.02. The van der Waals surface area contributed by atoms with E-state index in [0.717, 1.165) is 46.5 Å². The highest BCUT2D eigenvalue weighted by molar-refractivity contribution is 6.00. The predicted octanol–water partition coefficient (Wildman–Crippen LogP) is 4.81. The van der Waals surface area contributed by atoms with E-state index in [2.05, 4.69) is 27.5 Å². The molecule has 36 heavy (non-hydrogen) atoms. The number of rotatable bonds is 7. The normalized spacial score (nSPS) is 13.1. The van der Waals surface area contributed by atoms with Gasteiger partial charge in [0.25, 0.3) is 0 Å². The van der Waals surface area contributed by atoms with Gasteiger partial charge >= 0.3 is 0 Å². The van der Waals surface area contributed by atoms with Gasteiger partial charge in [0.1, 0.15) is 0 Å². The Morgan fingerprint density at radius 1 is 1.00 bits per heavy atom. The molecule has 5 rings (SSSR count). The summed E-state index contributed by atoms with van der Waals surface area (Å²) in [6, 6.07) is 21.8. The Morgan fingerprint density at radius 2 is 1.75 bits per heavy atom. The molecule has 0 bridgehead atoms. The molecule has 0 unspecified atom stereocenters. The van der Waals surface area contributed by atoms with Gasteiger partial charge in [-0.1, -0.05) is 36.9 Å². The Kier molecular flexibility index (Phi) is 6.32. The van der Waals surface area contributed by atoms with Crippen molar-refractivity contribution in [2.45, 2.75) is 13.0 Å². The molecule has 4 aromatic rings. The van der Waals surface area contributed by atoms with Gasteiger partial charge in [-0.05, 0) is 48.0 Å². The van der Waals surface area contributed by atoms with E-state index in [4.69, 9.17) is 4.98 Å². The number of nitrogens with one attached hydrogen (secondary N) is 3. The Bertz CT molecular complexity index is 1440. The molecule has 180 valence electrons. The Labute approximate surface area is 209 Å². The molecular weight excluding hydrogens is 452 g/mol. The van der Waals surface area contributed by atoms with Crippen LogP contribution in [0.25, 0.3) is 22.0 Å². The largest absolute Gasteiger partial charge is 0.379 e. The van der Waals surface area contributed by atoms with Gasteiger partial charge in [-0.2, -0.15) is 0 Å². The van der Waals surface area contributed by atoms with Crippen molar-refractivity contribution in [1.82, 2.24) is 14.9 Å². The summed E-state index contributed by atoms with van der Waals surface area (Å²) < 4.78 is 0. The number of fused-ring (bicyclic) bond motifs is 1. The number of carbonyl (C=O) groups is 2. The monoisotopic (exact) mass is 478 g/mol. The molecule has 0 atom stereocenters. The average Bonchev–Trinajstić information content (AvgIpc) is 2.86. The van der Waals surface area contributed by atoms with Crippen LogP contribution in [-0.4, -0.2) is 45.8 Å². The third-order valence-corrected chi connectivity index (χ3v) is 6.08. The minimum atomic E-state index is -0.259.